The number of pyridine rings is 1. The largest absolute Gasteiger partial charge is 0.469 e. The van der Waals surface area contributed by atoms with E-state index in [0.717, 1.165) is 57.3 Å². The maximum absolute atomic E-state index is 12.8. The van der Waals surface area contributed by atoms with Crippen molar-refractivity contribution in [2.24, 2.45) is 22.7 Å². The highest BCUT2D eigenvalue weighted by molar-refractivity contribution is 5.77. The summed E-state index contributed by atoms with van der Waals surface area (Å²) in [7, 11) is 1.53. The Morgan fingerprint density at radius 3 is 2.77 bits per heavy atom. The van der Waals surface area contributed by atoms with Crippen molar-refractivity contribution in [2.45, 2.75) is 65.3 Å². The molecule has 2 heterocycles. The van der Waals surface area contributed by atoms with Gasteiger partial charge in [0, 0.05) is 17.7 Å². The summed E-state index contributed by atoms with van der Waals surface area (Å²) < 4.78 is 13.2. The van der Waals surface area contributed by atoms with E-state index in [1.54, 1.807) is 0 Å². The van der Waals surface area contributed by atoms with E-state index in [-0.39, 0.29) is 16.8 Å². The van der Waals surface area contributed by atoms with Crippen LogP contribution in [0.25, 0.3) is 0 Å². The van der Waals surface area contributed by atoms with Crippen molar-refractivity contribution < 1.29 is 18.5 Å². The first kappa shape index (κ1) is 21.9. The summed E-state index contributed by atoms with van der Waals surface area (Å²) in [5, 5.41) is 0. The zero-order valence-electron chi connectivity index (χ0n) is 19.2. The van der Waals surface area contributed by atoms with Gasteiger partial charge in [0.25, 0.3) is 0 Å². The van der Waals surface area contributed by atoms with E-state index in [1.807, 2.05) is 24.5 Å². The van der Waals surface area contributed by atoms with Crippen molar-refractivity contribution in [3.63, 3.8) is 0 Å². The topological polar surface area (TPSA) is 43.3 Å². The zero-order chi connectivity index (χ0) is 22.1. The Hall–Kier alpha value is -2.36. The van der Waals surface area contributed by atoms with Crippen LogP contribution >= 0.6 is 0 Å². The van der Waals surface area contributed by atoms with Crippen LogP contribution in [0.1, 0.15) is 63.7 Å². The lowest BCUT2D eigenvalue weighted by Crippen LogP contribution is -2.53. The number of carbonyl (C=O) groups is 1. The number of esters is 1. The minimum absolute atomic E-state index is 0.0355. The molecular formula is C27H36NO3+. The van der Waals surface area contributed by atoms with Crippen molar-refractivity contribution in [2.75, 3.05) is 7.11 Å². The van der Waals surface area contributed by atoms with E-state index >= 15 is 0 Å². The lowest BCUT2D eigenvalue weighted by molar-refractivity contribution is -0.690. The number of hydrogen-bond acceptors (Lipinski definition) is 3. The van der Waals surface area contributed by atoms with Gasteiger partial charge in [0.2, 0.25) is 6.54 Å². The number of methoxy groups -OCH3 is 1. The maximum Gasteiger partial charge on any atom is 0.311 e. The molecule has 0 aromatic carbocycles. The van der Waals surface area contributed by atoms with E-state index < -0.39 is 0 Å². The molecule has 0 unspecified atom stereocenters. The number of nitrogens with zero attached hydrogens (tertiary/aromatic N) is 1. The lowest BCUT2D eigenvalue weighted by Gasteiger charge is -2.57. The highest BCUT2D eigenvalue weighted by Crippen LogP contribution is 2.62. The summed E-state index contributed by atoms with van der Waals surface area (Å²) >= 11 is 0. The summed E-state index contributed by atoms with van der Waals surface area (Å²) in [4.78, 5) is 12.8. The van der Waals surface area contributed by atoms with E-state index in [2.05, 4.69) is 43.5 Å². The average Bonchev–Trinajstić information content (AvgIpc) is 3.20. The second-order valence-corrected chi connectivity index (χ2v) is 10.0. The minimum Gasteiger partial charge on any atom is -0.469 e. The molecule has 0 aliphatic heterocycles. The number of furan rings is 1. The summed E-state index contributed by atoms with van der Waals surface area (Å²) in [6.07, 6.45) is 13.2. The molecule has 2 aromatic heterocycles. The van der Waals surface area contributed by atoms with Gasteiger partial charge in [0.05, 0.1) is 18.8 Å². The van der Waals surface area contributed by atoms with Crippen LogP contribution in [0.4, 0.5) is 0 Å². The summed E-state index contributed by atoms with van der Waals surface area (Å²) in [5.74, 6) is 1.76. The van der Waals surface area contributed by atoms with Gasteiger partial charge in [-0.25, -0.2) is 0 Å². The van der Waals surface area contributed by atoms with Crippen LogP contribution in [0.15, 0.2) is 59.5 Å². The van der Waals surface area contributed by atoms with E-state index in [0.29, 0.717) is 11.8 Å². The molecule has 2 fully saturated rings. The molecule has 4 heteroatoms. The van der Waals surface area contributed by atoms with Crippen LogP contribution < -0.4 is 4.57 Å². The molecule has 0 N–H and O–H groups in total. The molecule has 2 aliphatic carbocycles. The van der Waals surface area contributed by atoms with E-state index in [1.165, 1.54) is 18.2 Å². The van der Waals surface area contributed by atoms with Crippen molar-refractivity contribution in [1.29, 1.82) is 0 Å². The normalized spacial score (nSPS) is 30.6. The third kappa shape index (κ3) is 3.97. The van der Waals surface area contributed by atoms with Crippen LogP contribution in [0.3, 0.4) is 0 Å². The number of allylic oxidation sites excluding steroid dienone is 1. The summed E-state index contributed by atoms with van der Waals surface area (Å²) in [6.45, 7) is 9.78. The fourth-order valence-corrected chi connectivity index (χ4v) is 6.69. The molecule has 0 radical (unpaired) electrons. The second kappa shape index (κ2) is 8.64. The number of aryl methyl sites for hydroxylation is 1. The Morgan fingerprint density at radius 2 is 2.03 bits per heavy atom. The Balaban J connectivity index is 1.53. The van der Waals surface area contributed by atoms with Gasteiger partial charge < -0.3 is 9.15 Å². The van der Waals surface area contributed by atoms with Crippen LogP contribution in [0.5, 0.6) is 0 Å². The molecular weight excluding hydrogens is 386 g/mol. The quantitative estimate of drug-likeness (QED) is 0.351. The molecule has 2 saturated carbocycles. The number of rotatable bonds is 6. The number of ether oxygens (including phenoxy) is 1. The van der Waals surface area contributed by atoms with Gasteiger partial charge in [-0.3, -0.25) is 4.79 Å². The highest BCUT2D eigenvalue weighted by Gasteiger charge is 2.57. The third-order valence-corrected chi connectivity index (χ3v) is 8.31. The number of fused-ring (bicyclic) bond motifs is 1. The lowest BCUT2D eigenvalue weighted by atomic mass is 9.46. The Bertz CT molecular complexity index is 933. The van der Waals surface area contributed by atoms with Gasteiger partial charge in [0.1, 0.15) is 0 Å². The van der Waals surface area contributed by atoms with Crippen LogP contribution in [-0.4, -0.2) is 13.1 Å². The zero-order valence-corrected chi connectivity index (χ0v) is 19.2. The molecule has 4 rings (SSSR count). The van der Waals surface area contributed by atoms with E-state index in [9.17, 15) is 4.79 Å². The van der Waals surface area contributed by atoms with Crippen molar-refractivity contribution in [1.82, 2.24) is 0 Å². The van der Waals surface area contributed by atoms with Gasteiger partial charge in [-0.1, -0.05) is 31.6 Å². The van der Waals surface area contributed by atoms with Gasteiger partial charge in [0.15, 0.2) is 18.2 Å². The fraction of sp³-hybridized carbons (Fsp3) is 0.556. The van der Waals surface area contributed by atoms with Gasteiger partial charge >= 0.3 is 5.97 Å². The molecule has 0 amide bonds. The van der Waals surface area contributed by atoms with Crippen LogP contribution in [-0.2, 0) is 22.5 Å². The van der Waals surface area contributed by atoms with Crippen molar-refractivity contribution in [3.8, 4) is 0 Å². The molecule has 4 nitrogen and oxygen atoms in total. The van der Waals surface area contributed by atoms with Crippen LogP contribution in [0.2, 0.25) is 0 Å². The fourth-order valence-electron chi connectivity index (χ4n) is 6.69. The SMILES string of the molecule is C=C1CC[C@H]2[C@@](C)(CCC[C@@]2(C)C(=O)OC)[C@H]1CCc1ccoc1C[n+]1ccccc1. The summed E-state index contributed by atoms with van der Waals surface area (Å²) in [6, 6.07) is 8.22. The van der Waals surface area contributed by atoms with Gasteiger partial charge in [-0.2, -0.15) is 4.57 Å². The van der Waals surface area contributed by atoms with Crippen molar-refractivity contribution >= 4 is 5.97 Å². The molecule has 4 atom stereocenters. The Kier molecular flexibility index (Phi) is 6.09. The number of aromatic nitrogens is 1. The number of hydrogen-bond donors (Lipinski definition) is 0. The molecule has 0 saturated heterocycles. The molecule has 2 aromatic rings. The molecule has 0 spiro atoms. The average molecular weight is 423 g/mol. The second-order valence-electron chi connectivity index (χ2n) is 10.0. The monoisotopic (exact) mass is 422 g/mol. The molecule has 0 bridgehead atoms. The standard InChI is InChI=1S/C27H36NO3/c1-20-9-12-24-26(2,14-8-15-27(24,3)25(29)30-4)22(20)11-10-21-13-18-31-23(21)19-28-16-6-5-7-17-28/h5-7,13,16-18,22,24H,1,8-12,14-15,19H2,2-4H3/q+1/t22-,24-,26-,27+/m0/s1. The first-order valence-corrected chi connectivity index (χ1v) is 11.6. The van der Waals surface area contributed by atoms with Crippen molar-refractivity contribution in [3.05, 3.63) is 66.4 Å². The molecule has 31 heavy (non-hydrogen) atoms. The highest BCUT2D eigenvalue weighted by atomic mass is 16.5. The third-order valence-electron chi connectivity index (χ3n) is 8.31. The first-order chi connectivity index (χ1) is 14.9. The smallest absolute Gasteiger partial charge is 0.311 e. The predicted octanol–water partition coefficient (Wildman–Crippen LogP) is 5.50. The van der Waals surface area contributed by atoms with Crippen LogP contribution in [0, 0.1) is 22.7 Å². The number of carbonyl (C=O) groups excluding carboxylic acids is 1. The predicted molar refractivity (Wildman–Crippen MR) is 120 cm³/mol. The Morgan fingerprint density at radius 1 is 1.26 bits per heavy atom. The Labute approximate surface area is 186 Å². The summed E-state index contributed by atoms with van der Waals surface area (Å²) in [5.41, 5.74) is 2.34. The minimum atomic E-state index is -0.383. The first-order valence-electron chi connectivity index (χ1n) is 11.6. The molecule has 2 aliphatic rings. The molecule has 166 valence electrons. The van der Waals surface area contributed by atoms with Gasteiger partial charge in [-0.15, -0.1) is 0 Å². The van der Waals surface area contributed by atoms with E-state index in [4.69, 9.17) is 9.15 Å². The maximum atomic E-state index is 12.8. The van der Waals surface area contributed by atoms with Gasteiger partial charge in [-0.05, 0) is 68.8 Å².